The second kappa shape index (κ2) is 8.82. The third kappa shape index (κ3) is 5.83. The normalized spacial score (nSPS) is 11.6. The lowest BCUT2D eigenvalue weighted by molar-refractivity contribution is -0.122. The molecule has 0 saturated heterocycles. The van der Waals surface area contributed by atoms with E-state index in [1.54, 1.807) is 12.1 Å². The van der Waals surface area contributed by atoms with Gasteiger partial charge in [0, 0.05) is 13.5 Å². The number of carbonyl (C=O) groups is 2. The van der Waals surface area contributed by atoms with Gasteiger partial charge in [0.25, 0.3) is 0 Å². The molecule has 0 aliphatic rings. The van der Waals surface area contributed by atoms with Crippen molar-refractivity contribution in [3.8, 4) is 0 Å². The molecule has 0 spiro atoms. The molecule has 0 aliphatic heterocycles. The molecule has 4 nitrogen and oxygen atoms in total. The molecule has 0 heterocycles. The molecule has 0 unspecified atom stereocenters. The number of hydrogen-bond donors (Lipinski definition) is 2. The molecule has 2 rings (SSSR count). The van der Waals surface area contributed by atoms with Gasteiger partial charge in [-0.1, -0.05) is 42.5 Å². The molecule has 126 valence electrons. The SMILES string of the molecule is CC(=O)N[C@@H](CC(=O)NCCc1ccc(F)cc1)c1ccccc1. The molecular formula is C19H21FN2O2. The van der Waals surface area contributed by atoms with Gasteiger partial charge in [-0.15, -0.1) is 0 Å². The molecule has 0 radical (unpaired) electrons. The summed E-state index contributed by atoms with van der Waals surface area (Å²) in [4.78, 5) is 23.5. The second-order valence-corrected chi connectivity index (χ2v) is 5.59. The number of amides is 2. The van der Waals surface area contributed by atoms with Gasteiger partial charge < -0.3 is 10.6 Å². The summed E-state index contributed by atoms with van der Waals surface area (Å²) in [5.41, 5.74) is 1.85. The van der Waals surface area contributed by atoms with E-state index in [0.717, 1.165) is 11.1 Å². The smallest absolute Gasteiger partial charge is 0.222 e. The first-order valence-corrected chi connectivity index (χ1v) is 7.88. The van der Waals surface area contributed by atoms with Gasteiger partial charge in [0.2, 0.25) is 11.8 Å². The Morgan fingerprint density at radius 3 is 2.33 bits per heavy atom. The lowest BCUT2D eigenvalue weighted by Gasteiger charge is -2.18. The minimum Gasteiger partial charge on any atom is -0.356 e. The summed E-state index contributed by atoms with van der Waals surface area (Å²) >= 11 is 0. The van der Waals surface area contributed by atoms with Crippen molar-refractivity contribution in [3.05, 3.63) is 71.5 Å². The van der Waals surface area contributed by atoms with E-state index in [1.165, 1.54) is 19.1 Å². The van der Waals surface area contributed by atoms with Crippen molar-refractivity contribution in [1.82, 2.24) is 10.6 Å². The highest BCUT2D eigenvalue weighted by molar-refractivity contribution is 5.79. The van der Waals surface area contributed by atoms with Crippen molar-refractivity contribution < 1.29 is 14.0 Å². The molecular weight excluding hydrogens is 307 g/mol. The topological polar surface area (TPSA) is 58.2 Å². The van der Waals surface area contributed by atoms with Gasteiger partial charge in [0.1, 0.15) is 5.82 Å². The molecule has 2 aromatic rings. The third-order valence-corrected chi connectivity index (χ3v) is 3.62. The zero-order valence-corrected chi connectivity index (χ0v) is 13.6. The van der Waals surface area contributed by atoms with E-state index in [2.05, 4.69) is 10.6 Å². The van der Waals surface area contributed by atoms with E-state index in [-0.39, 0.29) is 30.1 Å². The largest absolute Gasteiger partial charge is 0.356 e. The van der Waals surface area contributed by atoms with Crippen LogP contribution in [0.15, 0.2) is 54.6 Å². The molecule has 1 atom stereocenters. The molecule has 2 N–H and O–H groups in total. The maximum absolute atomic E-state index is 12.8. The lowest BCUT2D eigenvalue weighted by atomic mass is 10.0. The highest BCUT2D eigenvalue weighted by Crippen LogP contribution is 2.16. The van der Waals surface area contributed by atoms with E-state index >= 15 is 0 Å². The highest BCUT2D eigenvalue weighted by Gasteiger charge is 2.16. The summed E-state index contributed by atoms with van der Waals surface area (Å²) in [5, 5.41) is 5.64. The van der Waals surface area contributed by atoms with Crippen LogP contribution in [-0.2, 0) is 16.0 Å². The average Bonchev–Trinajstić information content (AvgIpc) is 2.56. The number of benzene rings is 2. The van der Waals surface area contributed by atoms with E-state index in [1.807, 2.05) is 30.3 Å². The summed E-state index contributed by atoms with van der Waals surface area (Å²) in [5.74, 6) is -0.591. The molecule has 24 heavy (non-hydrogen) atoms. The summed E-state index contributed by atoms with van der Waals surface area (Å²) < 4.78 is 12.8. The van der Waals surface area contributed by atoms with E-state index in [0.29, 0.717) is 13.0 Å². The first-order valence-electron chi connectivity index (χ1n) is 7.88. The molecule has 0 aromatic heterocycles. The standard InChI is InChI=1S/C19H21FN2O2/c1-14(23)22-18(16-5-3-2-4-6-16)13-19(24)21-12-11-15-7-9-17(20)10-8-15/h2-10,18H,11-13H2,1H3,(H,21,24)(H,22,23)/t18-/m0/s1. The minimum absolute atomic E-state index is 0.139. The van der Waals surface area contributed by atoms with Gasteiger partial charge in [0.05, 0.1) is 12.5 Å². The van der Waals surface area contributed by atoms with Crippen LogP contribution in [0, 0.1) is 5.82 Å². The maximum Gasteiger partial charge on any atom is 0.222 e. The molecule has 5 heteroatoms. The number of halogens is 1. The van der Waals surface area contributed by atoms with E-state index < -0.39 is 0 Å². The third-order valence-electron chi connectivity index (χ3n) is 3.62. The highest BCUT2D eigenvalue weighted by atomic mass is 19.1. The van der Waals surface area contributed by atoms with E-state index in [9.17, 15) is 14.0 Å². The second-order valence-electron chi connectivity index (χ2n) is 5.59. The van der Waals surface area contributed by atoms with Crippen molar-refractivity contribution >= 4 is 11.8 Å². The zero-order valence-electron chi connectivity index (χ0n) is 13.6. The van der Waals surface area contributed by atoms with Crippen LogP contribution in [0.1, 0.15) is 30.5 Å². The average molecular weight is 328 g/mol. The maximum atomic E-state index is 12.8. The fourth-order valence-corrected chi connectivity index (χ4v) is 2.44. The van der Waals surface area contributed by atoms with Crippen LogP contribution in [0.4, 0.5) is 4.39 Å². The fraction of sp³-hybridized carbons (Fsp3) is 0.263. The number of rotatable bonds is 7. The first-order chi connectivity index (χ1) is 11.5. The Bertz CT molecular complexity index is 672. The van der Waals surface area contributed by atoms with Crippen LogP contribution < -0.4 is 10.6 Å². The lowest BCUT2D eigenvalue weighted by Crippen LogP contribution is -2.33. The summed E-state index contributed by atoms with van der Waals surface area (Å²) in [7, 11) is 0. The van der Waals surface area contributed by atoms with Crippen LogP contribution in [0.25, 0.3) is 0 Å². The Hall–Kier alpha value is -2.69. The Morgan fingerprint density at radius 2 is 1.71 bits per heavy atom. The molecule has 0 bridgehead atoms. The quantitative estimate of drug-likeness (QED) is 0.821. The summed E-state index contributed by atoms with van der Waals surface area (Å²) in [6, 6.07) is 15.2. The molecule has 0 fully saturated rings. The van der Waals surface area contributed by atoms with Crippen molar-refractivity contribution in [2.75, 3.05) is 6.54 Å². The summed E-state index contributed by atoms with van der Waals surface area (Å²) in [6.45, 7) is 1.90. The van der Waals surface area contributed by atoms with Gasteiger partial charge in [-0.05, 0) is 29.7 Å². The fourth-order valence-electron chi connectivity index (χ4n) is 2.44. The van der Waals surface area contributed by atoms with Gasteiger partial charge in [-0.2, -0.15) is 0 Å². The van der Waals surface area contributed by atoms with Crippen LogP contribution in [0.2, 0.25) is 0 Å². The summed E-state index contributed by atoms with van der Waals surface area (Å²) in [6.07, 6.45) is 0.801. The molecule has 0 saturated carbocycles. The van der Waals surface area contributed by atoms with Crippen LogP contribution in [0.5, 0.6) is 0 Å². The van der Waals surface area contributed by atoms with Crippen molar-refractivity contribution in [3.63, 3.8) is 0 Å². The molecule has 2 amide bonds. The Kier molecular flexibility index (Phi) is 6.49. The van der Waals surface area contributed by atoms with Crippen molar-refractivity contribution in [1.29, 1.82) is 0 Å². The van der Waals surface area contributed by atoms with Gasteiger partial charge in [-0.25, -0.2) is 4.39 Å². The Morgan fingerprint density at radius 1 is 1.04 bits per heavy atom. The Labute approximate surface area is 141 Å². The predicted octanol–water partition coefficient (Wildman–Crippen LogP) is 2.75. The molecule has 0 aliphatic carbocycles. The molecule has 2 aromatic carbocycles. The zero-order chi connectivity index (χ0) is 17.4. The van der Waals surface area contributed by atoms with Crippen LogP contribution in [0.3, 0.4) is 0 Å². The number of carbonyl (C=O) groups excluding carboxylic acids is 2. The van der Waals surface area contributed by atoms with E-state index in [4.69, 9.17) is 0 Å². The van der Waals surface area contributed by atoms with Gasteiger partial charge in [0.15, 0.2) is 0 Å². The van der Waals surface area contributed by atoms with Crippen molar-refractivity contribution in [2.45, 2.75) is 25.8 Å². The number of nitrogens with one attached hydrogen (secondary N) is 2. The monoisotopic (exact) mass is 328 g/mol. The minimum atomic E-state index is -0.352. The van der Waals surface area contributed by atoms with Gasteiger partial charge >= 0.3 is 0 Å². The number of hydrogen-bond acceptors (Lipinski definition) is 2. The first kappa shape index (κ1) is 17.7. The predicted molar refractivity (Wildman–Crippen MR) is 90.7 cm³/mol. The van der Waals surface area contributed by atoms with Crippen LogP contribution >= 0.6 is 0 Å². The van der Waals surface area contributed by atoms with Crippen LogP contribution in [-0.4, -0.2) is 18.4 Å². The Balaban J connectivity index is 1.86. The van der Waals surface area contributed by atoms with Crippen molar-refractivity contribution in [2.24, 2.45) is 0 Å². The van der Waals surface area contributed by atoms with Gasteiger partial charge in [-0.3, -0.25) is 9.59 Å².